The first-order chi connectivity index (χ1) is 12.8. The topological polar surface area (TPSA) is 58.5 Å². The Hall–Kier alpha value is -1.92. The lowest BCUT2D eigenvalue weighted by molar-refractivity contribution is 0.123. The summed E-state index contributed by atoms with van der Waals surface area (Å²) in [5, 5.41) is 7.79. The second-order valence-corrected chi connectivity index (χ2v) is 7.70. The predicted octanol–water partition coefficient (Wildman–Crippen LogP) is 3.60. The van der Waals surface area contributed by atoms with Crippen LogP contribution in [-0.4, -0.2) is 37.7 Å². The fourth-order valence-electron chi connectivity index (χ4n) is 2.60. The maximum Gasteiger partial charge on any atom is 0.191 e. The molecule has 1 fully saturated rings. The Bertz CT molecular complexity index is 710. The third-order valence-corrected chi connectivity index (χ3v) is 5.57. The SMILES string of the molecule is CN=C(NCCCOCC1CC1)NCc1sc(-c2ccccc2)nc1C. The van der Waals surface area contributed by atoms with Gasteiger partial charge < -0.3 is 15.4 Å². The zero-order valence-corrected chi connectivity index (χ0v) is 16.4. The molecular formula is C20H28N4OS. The average molecular weight is 373 g/mol. The number of hydrogen-bond acceptors (Lipinski definition) is 4. The van der Waals surface area contributed by atoms with E-state index >= 15 is 0 Å². The summed E-state index contributed by atoms with van der Waals surface area (Å²) < 4.78 is 5.66. The van der Waals surface area contributed by atoms with Crippen LogP contribution in [0.25, 0.3) is 10.6 Å². The molecule has 1 saturated carbocycles. The number of nitrogens with one attached hydrogen (secondary N) is 2. The van der Waals surface area contributed by atoms with E-state index in [9.17, 15) is 0 Å². The fourth-order valence-corrected chi connectivity index (χ4v) is 3.60. The van der Waals surface area contributed by atoms with Crippen molar-refractivity contribution in [2.75, 3.05) is 26.8 Å². The molecule has 3 rings (SSSR count). The largest absolute Gasteiger partial charge is 0.381 e. The van der Waals surface area contributed by atoms with Gasteiger partial charge in [0.05, 0.1) is 12.2 Å². The highest BCUT2D eigenvalue weighted by Gasteiger charge is 2.20. The average Bonchev–Trinajstić information content (AvgIpc) is 3.42. The molecule has 1 aliphatic carbocycles. The van der Waals surface area contributed by atoms with Gasteiger partial charge in [0.25, 0.3) is 0 Å². The summed E-state index contributed by atoms with van der Waals surface area (Å²) in [6.45, 7) is 5.40. The number of nitrogens with zero attached hydrogens (tertiary/aromatic N) is 2. The third-order valence-electron chi connectivity index (χ3n) is 4.36. The van der Waals surface area contributed by atoms with Crippen LogP contribution in [0.3, 0.4) is 0 Å². The molecule has 0 aliphatic heterocycles. The molecular weight excluding hydrogens is 344 g/mol. The van der Waals surface area contributed by atoms with E-state index in [2.05, 4.69) is 34.7 Å². The number of guanidine groups is 1. The van der Waals surface area contributed by atoms with E-state index in [1.54, 1.807) is 18.4 Å². The number of aryl methyl sites for hydroxylation is 1. The molecule has 1 aliphatic rings. The van der Waals surface area contributed by atoms with Crippen LogP contribution >= 0.6 is 11.3 Å². The first-order valence-corrected chi connectivity index (χ1v) is 10.1. The van der Waals surface area contributed by atoms with Gasteiger partial charge in [-0.2, -0.15) is 0 Å². The van der Waals surface area contributed by atoms with Crippen LogP contribution in [0.4, 0.5) is 0 Å². The number of ether oxygens (including phenoxy) is 1. The van der Waals surface area contributed by atoms with E-state index in [1.807, 2.05) is 18.2 Å². The van der Waals surface area contributed by atoms with Gasteiger partial charge in [0.2, 0.25) is 0 Å². The van der Waals surface area contributed by atoms with E-state index in [1.165, 1.54) is 23.3 Å². The lowest BCUT2D eigenvalue weighted by atomic mass is 10.2. The van der Waals surface area contributed by atoms with E-state index in [0.717, 1.165) is 55.3 Å². The number of aliphatic imine (C=N–C) groups is 1. The number of thiazole rings is 1. The van der Waals surface area contributed by atoms with Crippen molar-refractivity contribution in [3.63, 3.8) is 0 Å². The van der Waals surface area contributed by atoms with Gasteiger partial charge in [0.1, 0.15) is 5.01 Å². The highest BCUT2D eigenvalue weighted by atomic mass is 32.1. The van der Waals surface area contributed by atoms with E-state index in [4.69, 9.17) is 9.72 Å². The van der Waals surface area contributed by atoms with Crippen molar-refractivity contribution in [1.29, 1.82) is 0 Å². The summed E-state index contributed by atoms with van der Waals surface area (Å²) in [7, 11) is 1.80. The van der Waals surface area contributed by atoms with Gasteiger partial charge in [-0.15, -0.1) is 11.3 Å². The quantitative estimate of drug-likeness (QED) is 0.401. The van der Waals surface area contributed by atoms with E-state index in [-0.39, 0.29) is 0 Å². The normalized spacial score (nSPS) is 14.5. The lowest BCUT2D eigenvalue weighted by Crippen LogP contribution is -2.37. The van der Waals surface area contributed by atoms with Gasteiger partial charge in [-0.05, 0) is 32.1 Å². The Morgan fingerprint density at radius 1 is 1.27 bits per heavy atom. The smallest absolute Gasteiger partial charge is 0.191 e. The number of rotatable bonds is 9. The molecule has 6 heteroatoms. The van der Waals surface area contributed by atoms with Gasteiger partial charge in [0.15, 0.2) is 5.96 Å². The Kier molecular flexibility index (Phi) is 7.03. The van der Waals surface area contributed by atoms with Crippen molar-refractivity contribution in [3.05, 3.63) is 40.9 Å². The monoisotopic (exact) mass is 372 g/mol. The molecule has 5 nitrogen and oxygen atoms in total. The van der Waals surface area contributed by atoms with Crippen LogP contribution < -0.4 is 10.6 Å². The molecule has 0 amide bonds. The van der Waals surface area contributed by atoms with Gasteiger partial charge in [0, 0.05) is 37.2 Å². The molecule has 0 spiro atoms. The van der Waals surface area contributed by atoms with Gasteiger partial charge in [-0.1, -0.05) is 30.3 Å². The standard InChI is InChI=1S/C20H28N4OS/c1-15-18(26-19(24-15)17-7-4-3-5-8-17)13-23-20(21-2)22-11-6-12-25-14-16-9-10-16/h3-5,7-8,16H,6,9-14H2,1-2H3,(H2,21,22,23). The van der Waals surface area contributed by atoms with Crippen LogP contribution in [0.1, 0.15) is 29.8 Å². The summed E-state index contributed by atoms with van der Waals surface area (Å²) in [5.74, 6) is 1.65. The Morgan fingerprint density at radius 3 is 2.81 bits per heavy atom. The molecule has 2 N–H and O–H groups in total. The zero-order valence-electron chi connectivity index (χ0n) is 15.6. The minimum absolute atomic E-state index is 0.730. The number of aromatic nitrogens is 1. The van der Waals surface area contributed by atoms with E-state index < -0.39 is 0 Å². The zero-order chi connectivity index (χ0) is 18.2. The second kappa shape index (κ2) is 9.69. The Balaban J connectivity index is 1.41. The molecule has 26 heavy (non-hydrogen) atoms. The highest BCUT2D eigenvalue weighted by Crippen LogP contribution is 2.29. The molecule has 1 heterocycles. The van der Waals surface area contributed by atoms with Gasteiger partial charge in [-0.25, -0.2) is 4.98 Å². The van der Waals surface area contributed by atoms with Crippen molar-refractivity contribution in [2.24, 2.45) is 10.9 Å². The summed E-state index contributed by atoms with van der Waals surface area (Å²) >= 11 is 1.73. The van der Waals surface area contributed by atoms with Crippen LogP contribution in [0, 0.1) is 12.8 Å². The Labute approximate surface area is 159 Å². The molecule has 1 aromatic carbocycles. The molecule has 0 saturated heterocycles. The summed E-state index contributed by atoms with van der Waals surface area (Å²) in [6, 6.07) is 10.3. The van der Waals surface area contributed by atoms with Crippen molar-refractivity contribution >= 4 is 17.3 Å². The van der Waals surface area contributed by atoms with Crippen molar-refractivity contribution in [3.8, 4) is 10.6 Å². The summed E-state index contributed by atoms with van der Waals surface area (Å²) in [4.78, 5) is 10.2. The van der Waals surface area contributed by atoms with Crippen LogP contribution in [0.2, 0.25) is 0 Å². The number of hydrogen-bond donors (Lipinski definition) is 2. The van der Waals surface area contributed by atoms with Crippen molar-refractivity contribution in [2.45, 2.75) is 32.7 Å². The fraction of sp³-hybridized carbons (Fsp3) is 0.500. The third kappa shape index (κ3) is 5.81. The van der Waals surface area contributed by atoms with Crippen molar-refractivity contribution in [1.82, 2.24) is 15.6 Å². The summed E-state index contributed by atoms with van der Waals surface area (Å²) in [6.07, 6.45) is 3.68. The highest BCUT2D eigenvalue weighted by molar-refractivity contribution is 7.15. The minimum atomic E-state index is 0.730. The Morgan fingerprint density at radius 2 is 2.08 bits per heavy atom. The molecule has 0 bridgehead atoms. The molecule has 2 aromatic rings. The lowest BCUT2D eigenvalue weighted by Gasteiger charge is -2.11. The predicted molar refractivity (Wildman–Crippen MR) is 109 cm³/mol. The molecule has 1 aromatic heterocycles. The first-order valence-electron chi connectivity index (χ1n) is 9.30. The maximum atomic E-state index is 5.66. The second-order valence-electron chi connectivity index (χ2n) is 6.62. The minimum Gasteiger partial charge on any atom is -0.381 e. The van der Waals surface area contributed by atoms with Gasteiger partial charge >= 0.3 is 0 Å². The first kappa shape index (κ1) is 18.9. The molecule has 140 valence electrons. The van der Waals surface area contributed by atoms with Gasteiger partial charge in [-0.3, -0.25) is 4.99 Å². The van der Waals surface area contributed by atoms with Crippen LogP contribution in [-0.2, 0) is 11.3 Å². The van der Waals surface area contributed by atoms with Crippen LogP contribution in [0.5, 0.6) is 0 Å². The summed E-state index contributed by atoms with van der Waals surface area (Å²) in [5.41, 5.74) is 2.24. The maximum absolute atomic E-state index is 5.66. The molecule has 0 atom stereocenters. The molecule has 0 unspecified atom stereocenters. The van der Waals surface area contributed by atoms with Crippen LogP contribution in [0.15, 0.2) is 35.3 Å². The number of benzene rings is 1. The van der Waals surface area contributed by atoms with E-state index in [0.29, 0.717) is 0 Å². The van der Waals surface area contributed by atoms with Crippen molar-refractivity contribution < 1.29 is 4.74 Å². The molecule has 0 radical (unpaired) electrons.